The number of ether oxygens (including phenoxy) is 1. The number of likely N-dealkylation sites (tertiary alicyclic amines) is 1. The van der Waals surface area contributed by atoms with Gasteiger partial charge in [-0.15, -0.1) is 0 Å². The lowest BCUT2D eigenvalue weighted by Gasteiger charge is -2.25. The molecule has 0 spiro atoms. The molecule has 0 bridgehead atoms. The number of benzene rings is 2. The number of nitrogens with zero attached hydrogens (tertiary/aromatic N) is 5. The van der Waals surface area contributed by atoms with Crippen LogP contribution >= 0.6 is 11.6 Å². The Hall–Kier alpha value is -3.30. The number of anilines is 1. The van der Waals surface area contributed by atoms with Gasteiger partial charge in [0.05, 0.1) is 16.7 Å². The van der Waals surface area contributed by atoms with E-state index in [2.05, 4.69) is 44.2 Å². The van der Waals surface area contributed by atoms with E-state index in [4.69, 9.17) is 21.3 Å². The summed E-state index contributed by atoms with van der Waals surface area (Å²) < 4.78 is 37.5. The minimum Gasteiger partial charge on any atom is -0.462 e. The molecule has 7 nitrogen and oxygen atoms in total. The molecule has 2 aliphatic heterocycles. The number of aromatic nitrogens is 4. The summed E-state index contributed by atoms with van der Waals surface area (Å²) in [6.45, 7) is 4.51. The first kappa shape index (κ1) is 25.0. The average molecular weight is 539 g/mol. The van der Waals surface area contributed by atoms with E-state index in [1.807, 2.05) is 0 Å². The molecule has 1 N–H and O–H groups in total. The third kappa shape index (κ3) is 4.37. The largest absolute Gasteiger partial charge is 0.462 e. The highest BCUT2D eigenvalue weighted by atomic mass is 35.5. The number of H-pyrrole nitrogens is 1. The van der Waals surface area contributed by atoms with Crippen LogP contribution in [0.15, 0.2) is 30.5 Å². The molecule has 1 unspecified atom stereocenters. The van der Waals surface area contributed by atoms with Crippen molar-refractivity contribution in [1.82, 2.24) is 25.1 Å². The van der Waals surface area contributed by atoms with Crippen LogP contribution in [0.4, 0.5) is 14.6 Å². The standard InChI is InChI=1S/C28H29ClF2N6O/c1-16-21(30)13-22-19(14-32-35-22)23(16)24-20(29)12-18-26(25(24)31)33-28(38-15-17-8-7-9-36(17)2)34-27(18)37-10-5-3-4-6-11-37/h3-4,12-14,17H,5-11,15H2,1-2H3,(H,32,35). The maximum absolute atomic E-state index is 16.5. The molecule has 1 atom stereocenters. The topological polar surface area (TPSA) is 70.2 Å². The summed E-state index contributed by atoms with van der Waals surface area (Å²) in [5.74, 6) is -0.522. The van der Waals surface area contributed by atoms with Gasteiger partial charge < -0.3 is 14.5 Å². The molecule has 0 aliphatic carbocycles. The number of rotatable bonds is 5. The van der Waals surface area contributed by atoms with Crippen molar-refractivity contribution in [3.05, 3.63) is 52.7 Å². The molecule has 1 saturated heterocycles. The Labute approximate surface area is 224 Å². The van der Waals surface area contributed by atoms with Gasteiger partial charge in [0.1, 0.15) is 23.8 Å². The number of halogens is 3. The van der Waals surface area contributed by atoms with E-state index in [0.717, 1.165) is 45.3 Å². The zero-order valence-electron chi connectivity index (χ0n) is 21.4. The van der Waals surface area contributed by atoms with Gasteiger partial charge in [-0.25, -0.2) is 8.78 Å². The normalized spacial score (nSPS) is 18.6. The van der Waals surface area contributed by atoms with E-state index in [1.54, 1.807) is 19.2 Å². The minimum atomic E-state index is -0.636. The summed E-state index contributed by atoms with van der Waals surface area (Å²) in [4.78, 5) is 13.7. The van der Waals surface area contributed by atoms with Gasteiger partial charge in [-0.05, 0) is 63.9 Å². The maximum Gasteiger partial charge on any atom is 0.319 e. The molecule has 10 heteroatoms. The summed E-state index contributed by atoms with van der Waals surface area (Å²) in [5.41, 5.74) is 1.29. The van der Waals surface area contributed by atoms with Crippen LogP contribution in [-0.4, -0.2) is 64.4 Å². The second-order valence-electron chi connectivity index (χ2n) is 10.1. The van der Waals surface area contributed by atoms with E-state index >= 15 is 4.39 Å². The van der Waals surface area contributed by atoms with Crippen molar-refractivity contribution in [2.75, 3.05) is 38.2 Å². The molecule has 0 saturated carbocycles. The summed E-state index contributed by atoms with van der Waals surface area (Å²) in [6.07, 6.45) is 9.69. The van der Waals surface area contributed by atoms with Crippen molar-refractivity contribution in [2.24, 2.45) is 0 Å². The number of fused-ring (bicyclic) bond motifs is 2. The van der Waals surface area contributed by atoms with Crippen molar-refractivity contribution in [2.45, 2.75) is 38.6 Å². The number of likely N-dealkylation sites (N-methyl/N-ethyl adjacent to an activating group) is 1. The van der Waals surface area contributed by atoms with Crippen LogP contribution in [0.3, 0.4) is 0 Å². The third-order valence-corrected chi connectivity index (χ3v) is 8.01. The smallest absolute Gasteiger partial charge is 0.319 e. The lowest BCUT2D eigenvalue weighted by Crippen LogP contribution is -2.31. The Morgan fingerprint density at radius 3 is 2.61 bits per heavy atom. The molecule has 0 radical (unpaired) electrons. The Morgan fingerprint density at radius 2 is 1.87 bits per heavy atom. The SMILES string of the molecule is Cc1c(F)cc2[nH]ncc2c1-c1c(Cl)cc2c(N3CCC=CCC3)nc(OCC3CCCN3C)nc2c1F. The van der Waals surface area contributed by atoms with Crippen molar-refractivity contribution < 1.29 is 13.5 Å². The van der Waals surface area contributed by atoms with Crippen LogP contribution in [0, 0.1) is 18.6 Å². The quantitative estimate of drug-likeness (QED) is 0.312. The van der Waals surface area contributed by atoms with Crippen LogP contribution in [0.2, 0.25) is 5.02 Å². The first-order valence-electron chi connectivity index (χ1n) is 13.0. The van der Waals surface area contributed by atoms with Crippen molar-refractivity contribution in [3.63, 3.8) is 0 Å². The molecule has 2 aromatic heterocycles. The molecule has 4 aromatic rings. The molecule has 2 aliphatic rings. The third-order valence-electron chi connectivity index (χ3n) is 7.71. The predicted molar refractivity (Wildman–Crippen MR) is 146 cm³/mol. The summed E-state index contributed by atoms with van der Waals surface area (Å²) in [7, 11) is 2.07. The highest BCUT2D eigenvalue weighted by molar-refractivity contribution is 6.35. The first-order chi connectivity index (χ1) is 18.4. The van der Waals surface area contributed by atoms with Gasteiger partial charge in [0.25, 0.3) is 0 Å². The van der Waals surface area contributed by atoms with Crippen molar-refractivity contribution >= 4 is 39.2 Å². The highest BCUT2D eigenvalue weighted by Crippen LogP contribution is 2.43. The zero-order chi connectivity index (χ0) is 26.4. The molecule has 38 heavy (non-hydrogen) atoms. The Kier molecular flexibility index (Phi) is 6.65. The maximum atomic E-state index is 16.5. The van der Waals surface area contributed by atoms with Crippen LogP contribution in [0.5, 0.6) is 6.01 Å². The van der Waals surface area contributed by atoms with E-state index in [9.17, 15) is 4.39 Å². The number of hydrogen-bond donors (Lipinski definition) is 1. The zero-order valence-corrected chi connectivity index (χ0v) is 22.2. The summed E-state index contributed by atoms with van der Waals surface area (Å²) in [6, 6.07) is 3.43. The number of hydrogen-bond acceptors (Lipinski definition) is 6. The fourth-order valence-corrected chi connectivity index (χ4v) is 5.85. The van der Waals surface area contributed by atoms with Gasteiger partial charge in [0.2, 0.25) is 0 Å². The van der Waals surface area contributed by atoms with Gasteiger partial charge in [-0.2, -0.15) is 15.1 Å². The second-order valence-corrected chi connectivity index (χ2v) is 10.5. The fraction of sp³-hybridized carbons (Fsp3) is 0.393. The lowest BCUT2D eigenvalue weighted by molar-refractivity contribution is 0.188. The van der Waals surface area contributed by atoms with E-state index in [0.29, 0.717) is 34.3 Å². The monoisotopic (exact) mass is 538 g/mol. The molecule has 2 aromatic carbocycles. The van der Waals surface area contributed by atoms with Crippen LogP contribution in [-0.2, 0) is 0 Å². The minimum absolute atomic E-state index is 0.0891. The van der Waals surface area contributed by atoms with Crippen molar-refractivity contribution in [3.8, 4) is 17.1 Å². The molecule has 198 valence electrons. The average Bonchev–Trinajstić information content (AvgIpc) is 3.44. The summed E-state index contributed by atoms with van der Waals surface area (Å²) in [5, 5.41) is 8.05. The Bertz CT molecular complexity index is 1540. The Morgan fingerprint density at radius 1 is 1.08 bits per heavy atom. The lowest BCUT2D eigenvalue weighted by atomic mass is 9.95. The van der Waals surface area contributed by atoms with E-state index in [1.165, 1.54) is 6.07 Å². The number of aromatic amines is 1. The number of nitrogens with one attached hydrogen (secondary N) is 1. The van der Waals surface area contributed by atoms with Gasteiger partial charge in [-0.1, -0.05) is 23.8 Å². The van der Waals surface area contributed by atoms with Gasteiger partial charge >= 0.3 is 6.01 Å². The highest BCUT2D eigenvalue weighted by Gasteiger charge is 2.27. The van der Waals surface area contributed by atoms with E-state index in [-0.39, 0.29) is 33.7 Å². The summed E-state index contributed by atoms with van der Waals surface area (Å²) >= 11 is 6.76. The second kappa shape index (κ2) is 10.1. The molecule has 0 amide bonds. The predicted octanol–water partition coefficient (Wildman–Crippen LogP) is 6.04. The molecule has 1 fully saturated rings. The Balaban J connectivity index is 1.53. The van der Waals surface area contributed by atoms with Crippen LogP contribution < -0.4 is 9.64 Å². The van der Waals surface area contributed by atoms with Crippen LogP contribution in [0.25, 0.3) is 32.9 Å². The molecule has 6 rings (SSSR count). The van der Waals surface area contributed by atoms with Crippen molar-refractivity contribution in [1.29, 1.82) is 0 Å². The van der Waals surface area contributed by atoms with Crippen LogP contribution in [0.1, 0.15) is 31.2 Å². The molecule has 4 heterocycles. The fourth-order valence-electron chi connectivity index (χ4n) is 5.56. The van der Waals surface area contributed by atoms with Gasteiger partial charge in [-0.3, -0.25) is 5.10 Å². The van der Waals surface area contributed by atoms with Gasteiger partial charge in [0.15, 0.2) is 5.82 Å². The van der Waals surface area contributed by atoms with Gasteiger partial charge in [0, 0.05) is 41.0 Å². The molecular formula is C28H29ClF2N6O. The molecular weight excluding hydrogens is 510 g/mol. The first-order valence-corrected chi connectivity index (χ1v) is 13.4. The van der Waals surface area contributed by atoms with E-state index < -0.39 is 11.6 Å².